The van der Waals surface area contributed by atoms with Gasteiger partial charge in [0, 0.05) is 47.9 Å². The number of piperidine rings is 1. The fraction of sp³-hybridized carbons (Fsp3) is 0.656. The molecule has 1 aliphatic rings. The number of rotatable bonds is 9. The van der Waals surface area contributed by atoms with E-state index in [2.05, 4.69) is 37.6 Å². The van der Waals surface area contributed by atoms with Crippen LogP contribution in [-0.2, 0) is 20.7 Å². The van der Waals surface area contributed by atoms with Crippen molar-refractivity contribution < 1.29 is 18.7 Å². The van der Waals surface area contributed by atoms with Crippen LogP contribution in [0.2, 0.25) is 0 Å². The number of carbonyl (C=O) groups excluding carboxylic acids is 1. The van der Waals surface area contributed by atoms with Gasteiger partial charge in [-0.2, -0.15) is 0 Å². The van der Waals surface area contributed by atoms with Crippen molar-refractivity contribution in [1.29, 1.82) is 0 Å². The molecule has 1 fully saturated rings. The highest BCUT2D eigenvalue weighted by molar-refractivity contribution is 5.87. The van der Waals surface area contributed by atoms with Gasteiger partial charge < -0.3 is 14.4 Å². The molecule has 3 heterocycles. The van der Waals surface area contributed by atoms with E-state index >= 15 is 4.39 Å². The molecule has 2 aromatic rings. The quantitative estimate of drug-likeness (QED) is 0.304. The molecule has 0 aliphatic carbocycles. The zero-order chi connectivity index (χ0) is 29.1. The lowest BCUT2D eigenvalue weighted by molar-refractivity contribution is -0.171. The van der Waals surface area contributed by atoms with E-state index in [-0.39, 0.29) is 17.3 Å². The monoisotopic (exact) mass is 541 g/mol. The zero-order valence-electron chi connectivity index (χ0n) is 25.7. The minimum absolute atomic E-state index is 0.225. The summed E-state index contributed by atoms with van der Waals surface area (Å²) >= 11 is 0. The van der Waals surface area contributed by atoms with E-state index < -0.39 is 17.7 Å². The maximum atomic E-state index is 15.3. The van der Waals surface area contributed by atoms with Crippen molar-refractivity contribution in [1.82, 2.24) is 9.97 Å². The van der Waals surface area contributed by atoms with Gasteiger partial charge in [-0.05, 0) is 84.6 Å². The Kier molecular flexibility index (Phi) is 9.79. The van der Waals surface area contributed by atoms with E-state index in [4.69, 9.17) is 14.5 Å². The molecule has 0 aromatic carbocycles. The number of pyridine rings is 2. The van der Waals surface area contributed by atoms with Crippen molar-refractivity contribution in [2.24, 2.45) is 11.3 Å². The predicted octanol–water partition coefficient (Wildman–Crippen LogP) is 7.61. The first-order valence-electron chi connectivity index (χ1n) is 14.4. The van der Waals surface area contributed by atoms with Gasteiger partial charge in [-0.15, -0.1) is 0 Å². The standard InChI is InChI=1S/C32H48FN3O3/c1-20(2)11-12-26-25(33)17-23(18-35-26)24-19-34-22(5)27(28(24)36-15-13-32(9,10)14-16-36)29(39-31(6,7)8)30(37)38-21(3)4/h17-21,29H,11-16H2,1-10H3/t29-/m0/s1. The number of carbonyl (C=O) groups is 1. The molecule has 7 heteroatoms. The van der Waals surface area contributed by atoms with E-state index in [1.165, 1.54) is 0 Å². The van der Waals surface area contributed by atoms with Gasteiger partial charge in [0.1, 0.15) is 5.82 Å². The van der Waals surface area contributed by atoms with E-state index in [0.717, 1.165) is 43.6 Å². The Morgan fingerprint density at radius 3 is 2.28 bits per heavy atom. The molecule has 1 atom stereocenters. The van der Waals surface area contributed by atoms with Gasteiger partial charge in [0.25, 0.3) is 0 Å². The highest BCUT2D eigenvalue weighted by Crippen LogP contribution is 2.43. The van der Waals surface area contributed by atoms with E-state index in [0.29, 0.717) is 34.9 Å². The van der Waals surface area contributed by atoms with Crippen LogP contribution in [0.3, 0.4) is 0 Å². The molecule has 0 spiro atoms. The van der Waals surface area contributed by atoms with E-state index in [1.807, 2.05) is 41.5 Å². The second-order valence-electron chi connectivity index (χ2n) is 13.4. The fourth-order valence-electron chi connectivity index (χ4n) is 4.91. The molecule has 0 radical (unpaired) electrons. The first kappa shape index (κ1) is 31.0. The smallest absolute Gasteiger partial charge is 0.340 e. The van der Waals surface area contributed by atoms with Crippen LogP contribution in [0.25, 0.3) is 11.1 Å². The van der Waals surface area contributed by atoms with Crippen LogP contribution in [0.4, 0.5) is 10.1 Å². The van der Waals surface area contributed by atoms with Crippen LogP contribution in [0.5, 0.6) is 0 Å². The minimum atomic E-state index is -0.979. The van der Waals surface area contributed by atoms with Crippen LogP contribution < -0.4 is 4.90 Å². The Morgan fingerprint density at radius 1 is 1.10 bits per heavy atom. The summed E-state index contributed by atoms with van der Waals surface area (Å²) in [6.45, 7) is 21.8. The van der Waals surface area contributed by atoms with Crippen LogP contribution in [0.1, 0.15) is 105 Å². The van der Waals surface area contributed by atoms with Crippen LogP contribution >= 0.6 is 0 Å². The predicted molar refractivity (Wildman–Crippen MR) is 155 cm³/mol. The second-order valence-corrected chi connectivity index (χ2v) is 13.4. The summed E-state index contributed by atoms with van der Waals surface area (Å²) in [6, 6.07) is 1.56. The molecule has 0 N–H and O–H groups in total. The third-order valence-electron chi connectivity index (χ3n) is 7.21. The topological polar surface area (TPSA) is 64.5 Å². The van der Waals surface area contributed by atoms with Gasteiger partial charge in [-0.1, -0.05) is 27.7 Å². The number of halogens is 1. The molecule has 1 saturated heterocycles. The molecule has 0 bridgehead atoms. The number of anilines is 1. The Labute approximate surface area is 234 Å². The normalized spacial score (nSPS) is 16.6. The average molecular weight is 542 g/mol. The van der Waals surface area contributed by atoms with Gasteiger partial charge in [-0.25, -0.2) is 9.18 Å². The summed E-state index contributed by atoms with van der Waals surface area (Å²) in [7, 11) is 0. The van der Waals surface area contributed by atoms with Gasteiger partial charge in [0.2, 0.25) is 0 Å². The maximum absolute atomic E-state index is 15.3. The van der Waals surface area contributed by atoms with Crippen molar-refractivity contribution in [3.05, 3.63) is 41.2 Å². The molecule has 0 amide bonds. The summed E-state index contributed by atoms with van der Waals surface area (Å²) < 4.78 is 27.4. The molecule has 6 nitrogen and oxygen atoms in total. The Morgan fingerprint density at radius 2 is 1.74 bits per heavy atom. The lowest BCUT2D eigenvalue weighted by atomic mass is 9.82. The Bertz CT molecular complexity index is 1140. The van der Waals surface area contributed by atoms with Gasteiger partial charge in [-0.3, -0.25) is 9.97 Å². The van der Waals surface area contributed by atoms with Gasteiger partial charge in [0.15, 0.2) is 6.10 Å². The Balaban J connectivity index is 2.21. The molecule has 3 rings (SSSR count). The van der Waals surface area contributed by atoms with Crippen LogP contribution in [-0.4, -0.2) is 40.7 Å². The summed E-state index contributed by atoms with van der Waals surface area (Å²) in [4.78, 5) is 25.1. The third-order valence-corrected chi connectivity index (χ3v) is 7.21. The second kappa shape index (κ2) is 12.3. The van der Waals surface area contributed by atoms with Crippen molar-refractivity contribution in [2.45, 2.75) is 113 Å². The number of hydrogen-bond donors (Lipinski definition) is 0. The molecule has 39 heavy (non-hydrogen) atoms. The summed E-state index contributed by atoms with van der Waals surface area (Å²) in [5.74, 6) is -0.299. The molecule has 216 valence electrons. The van der Waals surface area contributed by atoms with Crippen molar-refractivity contribution in [2.75, 3.05) is 18.0 Å². The highest BCUT2D eigenvalue weighted by Gasteiger charge is 2.37. The SMILES string of the molecule is Cc1ncc(-c2cnc(CCC(C)C)c(F)c2)c(N2CCC(C)(C)CC2)c1[C@H](OC(C)(C)C)C(=O)OC(C)C. The molecular formula is C32H48FN3O3. The van der Waals surface area contributed by atoms with Crippen molar-refractivity contribution in [3.63, 3.8) is 0 Å². The number of nitrogens with zero attached hydrogens (tertiary/aromatic N) is 3. The molecule has 1 aliphatic heterocycles. The molecule has 2 aromatic heterocycles. The fourth-order valence-corrected chi connectivity index (χ4v) is 4.91. The van der Waals surface area contributed by atoms with Gasteiger partial charge >= 0.3 is 5.97 Å². The average Bonchev–Trinajstić information content (AvgIpc) is 2.81. The van der Waals surface area contributed by atoms with Crippen LogP contribution in [0, 0.1) is 24.1 Å². The Hall–Kier alpha value is -2.54. The first-order chi connectivity index (χ1) is 18.1. The zero-order valence-corrected chi connectivity index (χ0v) is 25.7. The third kappa shape index (κ3) is 8.23. The lowest BCUT2D eigenvalue weighted by Crippen LogP contribution is -2.39. The molecule has 0 unspecified atom stereocenters. The lowest BCUT2D eigenvalue weighted by Gasteiger charge is -2.41. The largest absolute Gasteiger partial charge is 0.461 e. The van der Waals surface area contributed by atoms with Crippen molar-refractivity contribution >= 4 is 11.7 Å². The van der Waals surface area contributed by atoms with Crippen LogP contribution in [0.15, 0.2) is 18.5 Å². The number of esters is 1. The van der Waals surface area contributed by atoms with Crippen molar-refractivity contribution in [3.8, 4) is 11.1 Å². The van der Waals surface area contributed by atoms with E-state index in [1.54, 1.807) is 18.5 Å². The maximum Gasteiger partial charge on any atom is 0.340 e. The summed E-state index contributed by atoms with van der Waals surface area (Å²) in [5.41, 5.74) is 3.69. The molecule has 0 saturated carbocycles. The number of aromatic nitrogens is 2. The highest BCUT2D eigenvalue weighted by atomic mass is 19.1. The first-order valence-corrected chi connectivity index (χ1v) is 14.4. The van der Waals surface area contributed by atoms with E-state index in [9.17, 15) is 4.79 Å². The summed E-state index contributed by atoms with van der Waals surface area (Å²) in [5, 5.41) is 0. The minimum Gasteiger partial charge on any atom is -0.461 e. The van der Waals surface area contributed by atoms with Gasteiger partial charge in [0.05, 0.1) is 23.1 Å². The number of aryl methyl sites for hydroxylation is 2. The number of ether oxygens (including phenoxy) is 2. The summed E-state index contributed by atoms with van der Waals surface area (Å²) in [6.07, 6.45) is 5.70. The number of hydrogen-bond acceptors (Lipinski definition) is 6. The molecular weight excluding hydrogens is 493 g/mol.